The van der Waals surface area contributed by atoms with E-state index in [4.69, 9.17) is 10.5 Å². The number of nitrogens with zero attached hydrogens (tertiary/aromatic N) is 4. The third kappa shape index (κ3) is 3.04. The zero-order valence-electron chi connectivity index (χ0n) is 10.6. The molecule has 0 radical (unpaired) electrons. The van der Waals surface area contributed by atoms with Gasteiger partial charge in [0.15, 0.2) is 0 Å². The zero-order chi connectivity index (χ0) is 14.5. The van der Waals surface area contributed by atoms with E-state index in [1.54, 1.807) is 12.1 Å². The molecule has 1 unspecified atom stereocenters. The number of rotatable bonds is 4. The summed E-state index contributed by atoms with van der Waals surface area (Å²) in [5.74, 6) is -0.362. The molecule has 0 amide bonds. The molecule has 1 atom stereocenters. The summed E-state index contributed by atoms with van der Waals surface area (Å²) >= 11 is 3.33. The lowest BCUT2D eigenvalue weighted by atomic mass is 10.1. The number of halogens is 1. The van der Waals surface area contributed by atoms with E-state index >= 15 is 0 Å². The summed E-state index contributed by atoms with van der Waals surface area (Å²) in [5.41, 5.74) is 0.452. The lowest BCUT2D eigenvalue weighted by Crippen LogP contribution is -2.24. The van der Waals surface area contributed by atoms with Crippen LogP contribution in [0.1, 0.15) is 12.8 Å². The Labute approximate surface area is 124 Å². The quantitative estimate of drug-likeness (QED) is 0.862. The van der Waals surface area contributed by atoms with Crippen LogP contribution < -0.4 is 5.56 Å². The maximum Gasteiger partial charge on any atom is 0.261 e. The fourth-order valence-electron chi connectivity index (χ4n) is 1.93. The monoisotopic (exact) mass is 330 g/mol. The standard InChI is InChI=1S/C14H11BrN4O/c15-11-3-4-13-12(6-11)14(20)19(9-18-13)8-10(7-17)2-1-5-16/h3-4,6,9-10H,1-2,8H2. The highest BCUT2D eigenvalue weighted by atomic mass is 79.9. The van der Waals surface area contributed by atoms with Crippen LogP contribution in [0.15, 0.2) is 33.8 Å². The molecule has 1 heterocycles. The Morgan fingerprint density at radius 2 is 2.20 bits per heavy atom. The molecule has 20 heavy (non-hydrogen) atoms. The average molecular weight is 331 g/mol. The Morgan fingerprint density at radius 1 is 1.40 bits per heavy atom. The van der Waals surface area contributed by atoms with Crippen molar-refractivity contribution in [2.75, 3.05) is 0 Å². The predicted molar refractivity (Wildman–Crippen MR) is 77.7 cm³/mol. The first kappa shape index (κ1) is 14.2. The minimum atomic E-state index is -0.362. The van der Waals surface area contributed by atoms with Gasteiger partial charge in [0.2, 0.25) is 0 Å². The van der Waals surface area contributed by atoms with Gasteiger partial charge < -0.3 is 0 Å². The highest BCUT2D eigenvalue weighted by Crippen LogP contribution is 2.15. The topological polar surface area (TPSA) is 82.5 Å². The molecule has 100 valence electrons. The molecular formula is C14H11BrN4O. The summed E-state index contributed by atoms with van der Waals surface area (Å²) in [5, 5.41) is 18.1. The van der Waals surface area contributed by atoms with E-state index < -0.39 is 0 Å². The average Bonchev–Trinajstić information content (AvgIpc) is 2.46. The van der Waals surface area contributed by atoms with Crippen LogP contribution in [0.3, 0.4) is 0 Å². The number of nitriles is 2. The molecule has 0 fully saturated rings. The Bertz CT molecular complexity index is 769. The molecule has 0 aliphatic carbocycles. The van der Waals surface area contributed by atoms with Crippen LogP contribution in [0, 0.1) is 28.6 Å². The highest BCUT2D eigenvalue weighted by molar-refractivity contribution is 9.10. The third-order valence-corrected chi connectivity index (χ3v) is 3.48. The van der Waals surface area contributed by atoms with Gasteiger partial charge in [-0.25, -0.2) is 4.98 Å². The minimum absolute atomic E-state index is 0.173. The van der Waals surface area contributed by atoms with E-state index in [-0.39, 0.29) is 18.0 Å². The van der Waals surface area contributed by atoms with Crippen molar-refractivity contribution in [3.05, 3.63) is 39.4 Å². The van der Waals surface area contributed by atoms with Crippen LogP contribution in [0.5, 0.6) is 0 Å². The SMILES string of the molecule is N#CCCC(C#N)Cn1cnc2ccc(Br)cc2c1=O. The van der Waals surface area contributed by atoms with Crippen LogP contribution in [0.25, 0.3) is 10.9 Å². The lowest BCUT2D eigenvalue weighted by Gasteiger charge is -2.10. The van der Waals surface area contributed by atoms with E-state index in [1.807, 2.05) is 12.1 Å². The van der Waals surface area contributed by atoms with Gasteiger partial charge in [-0.2, -0.15) is 10.5 Å². The fourth-order valence-corrected chi connectivity index (χ4v) is 2.30. The second-order valence-corrected chi connectivity index (χ2v) is 5.30. The highest BCUT2D eigenvalue weighted by Gasteiger charge is 2.11. The number of hydrogen-bond acceptors (Lipinski definition) is 4. The van der Waals surface area contributed by atoms with Gasteiger partial charge in [0.1, 0.15) is 0 Å². The van der Waals surface area contributed by atoms with Crippen molar-refractivity contribution < 1.29 is 0 Å². The Morgan fingerprint density at radius 3 is 2.90 bits per heavy atom. The molecule has 6 heteroatoms. The number of aromatic nitrogens is 2. The van der Waals surface area contributed by atoms with Crippen LogP contribution >= 0.6 is 15.9 Å². The molecule has 0 aliphatic rings. The van der Waals surface area contributed by atoms with E-state index in [0.717, 1.165) is 4.47 Å². The second-order valence-electron chi connectivity index (χ2n) is 4.39. The Kier molecular flexibility index (Phi) is 4.49. The van der Waals surface area contributed by atoms with E-state index in [1.165, 1.54) is 10.9 Å². The van der Waals surface area contributed by atoms with Gasteiger partial charge in [0.25, 0.3) is 5.56 Å². The fraction of sp³-hybridized carbons (Fsp3) is 0.286. The summed E-state index contributed by atoms with van der Waals surface area (Å²) in [6.45, 7) is 0.256. The van der Waals surface area contributed by atoms with Gasteiger partial charge in [-0.3, -0.25) is 9.36 Å². The van der Waals surface area contributed by atoms with Crippen LogP contribution in [0.4, 0.5) is 0 Å². The van der Waals surface area contributed by atoms with Crippen molar-refractivity contribution in [2.45, 2.75) is 19.4 Å². The first-order valence-corrected chi connectivity index (χ1v) is 6.86. The van der Waals surface area contributed by atoms with Gasteiger partial charge in [-0.1, -0.05) is 15.9 Å². The Hall–Kier alpha value is -2.18. The van der Waals surface area contributed by atoms with E-state index in [9.17, 15) is 4.79 Å². The van der Waals surface area contributed by atoms with Crippen molar-refractivity contribution in [3.8, 4) is 12.1 Å². The Balaban J connectivity index is 2.36. The van der Waals surface area contributed by atoms with Crippen molar-refractivity contribution in [2.24, 2.45) is 5.92 Å². The number of fused-ring (bicyclic) bond motifs is 1. The zero-order valence-corrected chi connectivity index (χ0v) is 12.2. The van der Waals surface area contributed by atoms with Gasteiger partial charge in [-0.05, 0) is 24.6 Å². The molecule has 2 rings (SSSR count). The molecule has 0 N–H and O–H groups in total. The first-order valence-electron chi connectivity index (χ1n) is 6.07. The number of hydrogen-bond donors (Lipinski definition) is 0. The normalized spacial score (nSPS) is 11.8. The van der Waals surface area contributed by atoms with Gasteiger partial charge in [-0.15, -0.1) is 0 Å². The van der Waals surface area contributed by atoms with Crippen molar-refractivity contribution >= 4 is 26.8 Å². The summed E-state index contributed by atoms with van der Waals surface area (Å²) in [6, 6.07) is 9.44. The van der Waals surface area contributed by atoms with E-state index in [2.05, 4.69) is 27.0 Å². The van der Waals surface area contributed by atoms with Crippen molar-refractivity contribution in [1.82, 2.24) is 9.55 Å². The summed E-state index contributed by atoms with van der Waals surface area (Å²) < 4.78 is 2.24. The second kappa shape index (κ2) is 6.31. The van der Waals surface area contributed by atoms with E-state index in [0.29, 0.717) is 23.7 Å². The molecule has 0 saturated heterocycles. The summed E-state index contributed by atoms with van der Waals surface area (Å²) in [6.07, 6.45) is 2.21. The maximum absolute atomic E-state index is 12.3. The van der Waals surface area contributed by atoms with Crippen LogP contribution in [0.2, 0.25) is 0 Å². The first-order chi connectivity index (χ1) is 9.65. The van der Waals surface area contributed by atoms with Gasteiger partial charge in [0, 0.05) is 17.4 Å². The molecule has 0 bridgehead atoms. The molecule has 1 aromatic carbocycles. The molecule has 5 nitrogen and oxygen atoms in total. The molecule has 0 aliphatic heterocycles. The smallest absolute Gasteiger partial charge is 0.261 e. The van der Waals surface area contributed by atoms with Crippen LogP contribution in [-0.4, -0.2) is 9.55 Å². The predicted octanol–water partition coefficient (Wildman–Crippen LogP) is 2.60. The summed E-state index contributed by atoms with van der Waals surface area (Å²) in [7, 11) is 0. The van der Waals surface area contributed by atoms with Crippen molar-refractivity contribution in [3.63, 3.8) is 0 Å². The maximum atomic E-state index is 12.3. The molecule has 0 spiro atoms. The van der Waals surface area contributed by atoms with Gasteiger partial charge >= 0.3 is 0 Å². The largest absolute Gasteiger partial charge is 0.297 e. The molecule has 0 saturated carbocycles. The molecular weight excluding hydrogens is 320 g/mol. The minimum Gasteiger partial charge on any atom is -0.297 e. The van der Waals surface area contributed by atoms with Gasteiger partial charge in [0.05, 0.1) is 35.3 Å². The van der Waals surface area contributed by atoms with Crippen LogP contribution in [-0.2, 0) is 6.54 Å². The summed E-state index contributed by atoms with van der Waals surface area (Å²) in [4.78, 5) is 16.6. The lowest BCUT2D eigenvalue weighted by molar-refractivity contribution is 0.498. The molecule has 1 aromatic heterocycles. The number of benzene rings is 1. The molecule has 2 aromatic rings. The third-order valence-electron chi connectivity index (χ3n) is 2.99. The van der Waals surface area contributed by atoms with Crippen molar-refractivity contribution in [1.29, 1.82) is 10.5 Å².